The fraction of sp³-hybridized carbons (Fsp3) is 0.125. The molecule has 2 aromatic carbocycles. The van der Waals surface area contributed by atoms with E-state index in [1.54, 1.807) is 24.1 Å². The van der Waals surface area contributed by atoms with Crippen LogP contribution in [0.25, 0.3) is 11.1 Å². The van der Waals surface area contributed by atoms with Crippen LogP contribution in [-0.4, -0.2) is 28.6 Å². The highest BCUT2D eigenvalue weighted by Crippen LogP contribution is 2.31. The van der Waals surface area contributed by atoms with Crippen LogP contribution in [0.2, 0.25) is 5.02 Å². The maximum atomic E-state index is 12.3. The number of thiocarbonyl (C=S) groups is 1. The smallest absolute Gasteiger partial charge is 0.0649 e. The molecular formula is C16H14ClN2OS2-. The van der Waals surface area contributed by atoms with Crippen LogP contribution in [0.3, 0.4) is 0 Å². The maximum Gasteiger partial charge on any atom is 0.0649 e. The van der Waals surface area contributed by atoms with Gasteiger partial charge in [-0.15, -0.1) is 0 Å². The maximum absolute atomic E-state index is 12.3. The summed E-state index contributed by atoms with van der Waals surface area (Å²) in [6, 6.07) is 15.2. The summed E-state index contributed by atoms with van der Waals surface area (Å²) in [6.45, 7) is 0. The minimum absolute atomic E-state index is 0.207. The third-order valence-electron chi connectivity index (χ3n) is 2.99. The Hall–Kier alpha value is -1.46. The van der Waals surface area contributed by atoms with Crippen molar-refractivity contribution < 1.29 is 5.11 Å². The van der Waals surface area contributed by atoms with Crippen LogP contribution in [0.5, 0.6) is 0 Å². The number of anilines is 1. The van der Waals surface area contributed by atoms with Crippen molar-refractivity contribution in [1.29, 1.82) is 0 Å². The molecule has 0 saturated heterocycles. The lowest BCUT2D eigenvalue weighted by Crippen LogP contribution is -2.47. The summed E-state index contributed by atoms with van der Waals surface area (Å²) in [4.78, 5) is 0. The SMILES string of the molecule is CN(C)N(C([O-])=S=C=S)c1ccccc1-c1ccc(Cl)cc1. The number of rotatable bonds is 3. The third kappa shape index (κ3) is 3.84. The highest BCUT2D eigenvalue weighted by Gasteiger charge is 2.13. The molecular weight excluding hydrogens is 336 g/mol. The van der Waals surface area contributed by atoms with Gasteiger partial charge in [0.1, 0.15) is 0 Å². The van der Waals surface area contributed by atoms with E-state index in [-0.39, 0.29) is 5.17 Å². The molecule has 0 bridgehead atoms. The molecule has 0 radical (unpaired) electrons. The first-order valence-corrected chi connectivity index (χ1v) is 8.05. The molecule has 0 aromatic heterocycles. The van der Waals surface area contributed by atoms with E-state index in [9.17, 15) is 5.11 Å². The van der Waals surface area contributed by atoms with E-state index < -0.39 is 0 Å². The van der Waals surface area contributed by atoms with Crippen molar-refractivity contribution in [3.8, 4) is 11.1 Å². The zero-order valence-electron chi connectivity index (χ0n) is 12.1. The summed E-state index contributed by atoms with van der Waals surface area (Å²) < 4.78 is 2.40. The number of hydrogen-bond donors (Lipinski definition) is 0. The first-order chi connectivity index (χ1) is 10.5. The fourth-order valence-corrected chi connectivity index (χ4v) is 2.85. The van der Waals surface area contributed by atoms with Gasteiger partial charge in [-0.3, -0.25) is 5.01 Å². The molecule has 0 atom stereocenters. The van der Waals surface area contributed by atoms with Crippen LogP contribution in [0.1, 0.15) is 0 Å². The average molecular weight is 350 g/mol. The van der Waals surface area contributed by atoms with E-state index in [0.29, 0.717) is 5.02 Å². The molecule has 2 rings (SSSR count). The molecule has 0 aliphatic heterocycles. The van der Waals surface area contributed by atoms with Gasteiger partial charge in [0.25, 0.3) is 0 Å². The van der Waals surface area contributed by atoms with Crippen molar-refractivity contribution in [2.45, 2.75) is 0 Å². The van der Waals surface area contributed by atoms with Gasteiger partial charge in [0.2, 0.25) is 0 Å². The van der Waals surface area contributed by atoms with Gasteiger partial charge in [-0.2, -0.15) is 0 Å². The molecule has 0 spiro atoms. The molecule has 0 fully saturated rings. The average Bonchev–Trinajstić information content (AvgIpc) is 2.49. The largest absolute Gasteiger partial charge is 0.804 e. The number of hydrazine groups is 1. The lowest BCUT2D eigenvalue weighted by Gasteiger charge is -2.36. The quantitative estimate of drug-likeness (QED) is 0.628. The van der Waals surface area contributed by atoms with E-state index in [1.807, 2.05) is 48.5 Å². The van der Waals surface area contributed by atoms with Crippen molar-refractivity contribution in [1.82, 2.24) is 5.01 Å². The second kappa shape index (κ2) is 7.70. The van der Waals surface area contributed by atoms with Crippen LogP contribution in [0, 0.1) is 0 Å². The first kappa shape index (κ1) is 16.9. The summed E-state index contributed by atoms with van der Waals surface area (Å²) in [6.07, 6.45) is 0. The molecule has 0 aliphatic carbocycles. The lowest BCUT2D eigenvalue weighted by atomic mass is 10.0. The fourth-order valence-electron chi connectivity index (χ4n) is 2.09. The molecule has 0 heterocycles. The van der Waals surface area contributed by atoms with Crippen molar-refractivity contribution in [3.05, 3.63) is 53.6 Å². The molecule has 0 amide bonds. The Kier molecular flexibility index (Phi) is 5.91. The Balaban J connectivity index is 2.62. The number of halogens is 1. The molecule has 0 unspecified atom stereocenters. The van der Waals surface area contributed by atoms with Crippen molar-refractivity contribution in [3.63, 3.8) is 0 Å². The first-order valence-electron chi connectivity index (χ1n) is 6.45. The van der Waals surface area contributed by atoms with Crippen LogP contribution in [0.4, 0.5) is 5.69 Å². The van der Waals surface area contributed by atoms with Crippen LogP contribution in [-0.2, 0) is 0 Å². The Labute approximate surface area is 143 Å². The Morgan fingerprint density at radius 1 is 1.14 bits per heavy atom. The summed E-state index contributed by atoms with van der Waals surface area (Å²) in [5, 5.41) is 16.1. The molecule has 0 aliphatic rings. The Morgan fingerprint density at radius 2 is 1.77 bits per heavy atom. The van der Waals surface area contributed by atoms with E-state index in [1.165, 1.54) is 0 Å². The number of hydrogen-bond acceptors (Lipinski definition) is 3. The zero-order chi connectivity index (χ0) is 16.1. The number of benzene rings is 2. The van der Waals surface area contributed by atoms with E-state index >= 15 is 0 Å². The van der Waals surface area contributed by atoms with Gasteiger partial charge in [0.05, 0.1) is 5.69 Å². The van der Waals surface area contributed by atoms with E-state index in [4.69, 9.17) is 11.6 Å². The predicted octanol–water partition coefficient (Wildman–Crippen LogP) is 3.31. The third-order valence-corrected chi connectivity index (χ3v) is 3.92. The molecule has 0 saturated carbocycles. The van der Waals surface area contributed by atoms with Gasteiger partial charge in [0, 0.05) is 34.2 Å². The van der Waals surface area contributed by atoms with Crippen molar-refractivity contribution in [2.75, 3.05) is 19.1 Å². The molecule has 2 aromatic rings. The summed E-state index contributed by atoms with van der Waals surface area (Å²) in [5.74, 6) is 0. The zero-order valence-corrected chi connectivity index (χ0v) is 14.5. The topological polar surface area (TPSA) is 29.5 Å². The monoisotopic (exact) mass is 349 g/mol. The summed E-state index contributed by atoms with van der Waals surface area (Å²) in [7, 11) is 4.47. The summed E-state index contributed by atoms with van der Waals surface area (Å²) >= 11 is 10.6. The predicted molar refractivity (Wildman–Crippen MR) is 98.3 cm³/mol. The summed E-state index contributed by atoms with van der Waals surface area (Å²) in [5.41, 5.74) is 2.69. The van der Waals surface area contributed by atoms with E-state index in [0.717, 1.165) is 27.8 Å². The normalized spacial score (nSPS) is 10.2. The number of nitrogens with zero attached hydrogens (tertiary/aromatic N) is 2. The van der Waals surface area contributed by atoms with Gasteiger partial charge in [-0.25, -0.2) is 5.01 Å². The van der Waals surface area contributed by atoms with E-state index in [2.05, 4.69) is 16.5 Å². The highest BCUT2D eigenvalue weighted by atomic mass is 35.5. The second-order valence-electron chi connectivity index (χ2n) is 4.63. The lowest BCUT2D eigenvalue weighted by molar-refractivity contribution is -0.214. The second-order valence-corrected chi connectivity index (χ2v) is 6.29. The van der Waals surface area contributed by atoms with Gasteiger partial charge in [0.15, 0.2) is 0 Å². The molecule has 6 heteroatoms. The molecule has 3 nitrogen and oxygen atoms in total. The molecule has 114 valence electrons. The minimum Gasteiger partial charge on any atom is -0.804 e. The van der Waals surface area contributed by atoms with Crippen molar-refractivity contribution in [2.24, 2.45) is 0 Å². The van der Waals surface area contributed by atoms with Gasteiger partial charge in [-0.05, 0) is 36.0 Å². The standard InChI is InChI=1S/C16H15ClN2OS2/c1-18(2)19(16(20)22-11-21)15-6-4-3-5-14(15)12-7-9-13(17)10-8-12/h3-10,20H,1-2H3/p-1. The Morgan fingerprint density at radius 3 is 2.36 bits per heavy atom. The minimum atomic E-state index is -0.207. The molecule has 22 heavy (non-hydrogen) atoms. The van der Waals surface area contributed by atoms with Crippen LogP contribution in [0.15, 0.2) is 48.5 Å². The van der Waals surface area contributed by atoms with Crippen LogP contribution < -0.4 is 10.1 Å². The van der Waals surface area contributed by atoms with Gasteiger partial charge < -0.3 is 5.11 Å². The molecule has 0 N–H and O–H groups in total. The van der Waals surface area contributed by atoms with Crippen molar-refractivity contribution >= 4 is 49.9 Å². The number of para-hydroxylation sites is 1. The van der Waals surface area contributed by atoms with Gasteiger partial charge in [-0.1, -0.05) is 52.9 Å². The highest BCUT2D eigenvalue weighted by molar-refractivity contribution is 8.04. The van der Waals surface area contributed by atoms with Crippen LogP contribution >= 0.6 is 34.8 Å². The van der Waals surface area contributed by atoms with Gasteiger partial charge >= 0.3 is 0 Å². The Bertz CT molecular complexity index is 749.